The van der Waals surface area contributed by atoms with Gasteiger partial charge < -0.3 is 10.9 Å². The van der Waals surface area contributed by atoms with Gasteiger partial charge in [-0.2, -0.15) is 0 Å². The summed E-state index contributed by atoms with van der Waals surface area (Å²) in [5.41, 5.74) is 0. The first-order valence-corrected chi connectivity index (χ1v) is 17.2. The lowest BCUT2D eigenvalue weighted by molar-refractivity contribution is -0.159. The van der Waals surface area contributed by atoms with E-state index < -0.39 is 0 Å². The highest BCUT2D eigenvalue weighted by molar-refractivity contribution is 5.85. The van der Waals surface area contributed by atoms with Crippen molar-refractivity contribution in [2.24, 2.45) is 0 Å². The molecule has 0 aromatic rings. The van der Waals surface area contributed by atoms with Gasteiger partial charge in [-0.15, -0.1) is 0 Å². The van der Waals surface area contributed by atoms with E-state index in [0.717, 1.165) is 38.5 Å². The quantitative estimate of drug-likeness (QED) is 0.0408. The summed E-state index contributed by atoms with van der Waals surface area (Å²) in [6, 6.07) is 0. The van der Waals surface area contributed by atoms with Gasteiger partial charge in [-0.25, -0.2) is 0 Å². The van der Waals surface area contributed by atoms with Crippen molar-refractivity contribution in [3.05, 3.63) is 24.3 Å². The van der Waals surface area contributed by atoms with Crippen LogP contribution in [0, 0.1) is 0 Å². The van der Waals surface area contributed by atoms with Crippen molar-refractivity contribution in [3.8, 4) is 0 Å². The molecule has 0 unspecified atom stereocenters. The van der Waals surface area contributed by atoms with Crippen molar-refractivity contribution < 1.29 is 14.3 Å². The van der Waals surface area contributed by atoms with Crippen LogP contribution in [0.15, 0.2) is 24.3 Å². The van der Waals surface area contributed by atoms with Crippen LogP contribution in [0.2, 0.25) is 0 Å². The van der Waals surface area contributed by atoms with Gasteiger partial charge in [0.1, 0.15) is 0 Å². The first kappa shape index (κ1) is 40.7. The van der Waals surface area contributed by atoms with Crippen LogP contribution in [-0.4, -0.2) is 11.9 Å². The minimum Gasteiger partial charge on any atom is -0.393 e. The molecule has 0 saturated carbocycles. The lowest BCUT2D eigenvalue weighted by Crippen LogP contribution is -2.11. The first-order valence-electron chi connectivity index (χ1n) is 17.2. The molecule has 0 aromatic carbocycles. The van der Waals surface area contributed by atoms with Crippen molar-refractivity contribution in [2.75, 3.05) is 0 Å². The van der Waals surface area contributed by atoms with Crippen molar-refractivity contribution in [2.45, 2.75) is 194 Å². The summed E-state index contributed by atoms with van der Waals surface area (Å²) in [7, 11) is 0. The van der Waals surface area contributed by atoms with Crippen LogP contribution in [0.25, 0.3) is 0 Å². The van der Waals surface area contributed by atoms with Gasteiger partial charge in [0.2, 0.25) is 0 Å². The molecule has 0 saturated heterocycles. The average Bonchev–Trinajstić information content (AvgIpc) is 2.93. The summed E-state index contributed by atoms with van der Waals surface area (Å²) in [5.74, 6) is -0.684. The summed E-state index contributed by atoms with van der Waals surface area (Å²) in [4.78, 5) is 23.8. The highest BCUT2D eigenvalue weighted by atomic mass is 16.6. The minimum absolute atomic E-state index is 0. The van der Waals surface area contributed by atoms with Crippen LogP contribution < -0.4 is 6.15 Å². The monoisotopic (exact) mass is 564 g/mol. The fourth-order valence-electron chi connectivity index (χ4n) is 4.91. The molecule has 0 aliphatic carbocycles. The number of esters is 2. The molecule has 0 amide bonds. The van der Waals surface area contributed by atoms with E-state index in [1.807, 2.05) is 0 Å². The number of allylic oxidation sites excluding steroid dienone is 4. The minimum atomic E-state index is -0.342. The van der Waals surface area contributed by atoms with Gasteiger partial charge in [0.25, 0.3) is 0 Å². The lowest BCUT2D eigenvalue weighted by atomic mass is 10.1. The SMILES string of the molecule is CCCCCCCCC=CCCCCCCCC(=O)OC(=O)CCCCCCC/C=C\CCCCCCCC.N. The molecular weight excluding hydrogens is 494 g/mol. The van der Waals surface area contributed by atoms with Gasteiger partial charge in [0.05, 0.1) is 0 Å². The predicted octanol–water partition coefficient (Wildman–Crippen LogP) is 12.3. The molecule has 236 valence electrons. The van der Waals surface area contributed by atoms with Gasteiger partial charge in [-0.1, -0.05) is 141 Å². The molecule has 3 N–H and O–H groups in total. The van der Waals surface area contributed by atoms with Crippen LogP contribution in [0.4, 0.5) is 0 Å². The average molecular weight is 564 g/mol. The fraction of sp³-hybridized carbons (Fsp3) is 0.833. The Bertz CT molecular complexity index is 535. The van der Waals surface area contributed by atoms with E-state index in [2.05, 4.69) is 38.2 Å². The Morgan fingerprint density at radius 3 is 0.950 bits per heavy atom. The van der Waals surface area contributed by atoms with Crippen molar-refractivity contribution in [1.82, 2.24) is 6.15 Å². The van der Waals surface area contributed by atoms with Crippen LogP contribution in [-0.2, 0) is 14.3 Å². The first-order chi connectivity index (χ1) is 19.2. The Hall–Kier alpha value is -1.42. The molecule has 0 atom stereocenters. The topological polar surface area (TPSA) is 78.4 Å². The lowest BCUT2D eigenvalue weighted by Gasteiger charge is -2.04. The van der Waals surface area contributed by atoms with E-state index in [-0.39, 0.29) is 18.1 Å². The van der Waals surface area contributed by atoms with E-state index >= 15 is 0 Å². The zero-order chi connectivity index (χ0) is 28.5. The van der Waals surface area contributed by atoms with E-state index in [1.165, 1.54) is 128 Å². The Kier molecular flexibility index (Phi) is 36.2. The standard InChI is InChI=1S/C36H66O3.H3N/c1-3-5-7-9-11-13-15-17-19-21-23-25-27-29-31-33-35(37)39-36(38)34-32-30-28-26-24-22-20-18-16-14-12-10-8-6-4-2;/h17-20H,3-16,21-34H2,1-2H3;1H3/b19-17-,20-18?;. The maximum absolute atomic E-state index is 11.9. The molecule has 0 aromatic heterocycles. The zero-order valence-corrected chi connectivity index (χ0v) is 27.0. The highest BCUT2D eigenvalue weighted by Crippen LogP contribution is 2.12. The molecule has 0 spiro atoms. The summed E-state index contributed by atoms with van der Waals surface area (Å²) in [5, 5.41) is 0. The van der Waals surface area contributed by atoms with Gasteiger partial charge in [-0.3, -0.25) is 9.59 Å². The second-order valence-electron chi connectivity index (χ2n) is 11.5. The molecule has 0 aliphatic rings. The second kappa shape index (κ2) is 35.6. The van der Waals surface area contributed by atoms with Gasteiger partial charge >= 0.3 is 11.9 Å². The molecule has 40 heavy (non-hydrogen) atoms. The van der Waals surface area contributed by atoms with E-state index in [0.29, 0.717) is 12.8 Å². The molecule has 0 bridgehead atoms. The maximum Gasteiger partial charge on any atom is 0.313 e. The molecule has 0 aliphatic heterocycles. The van der Waals surface area contributed by atoms with Gasteiger partial charge in [-0.05, 0) is 64.2 Å². The Morgan fingerprint density at radius 2 is 0.650 bits per heavy atom. The third kappa shape index (κ3) is 34.6. The number of carbonyl (C=O) groups excluding carboxylic acids is 2. The van der Waals surface area contributed by atoms with E-state index in [4.69, 9.17) is 4.74 Å². The van der Waals surface area contributed by atoms with Crippen molar-refractivity contribution >= 4 is 11.9 Å². The Labute approximate surface area is 250 Å². The number of hydrogen-bond donors (Lipinski definition) is 1. The number of carbonyl (C=O) groups is 2. The normalized spacial score (nSPS) is 11.3. The second-order valence-corrected chi connectivity index (χ2v) is 11.5. The number of ether oxygens (including phenoxy) is 1. The fourth-order valence-corrected chi connectivity index (χ4v) is 4.91. The molecule has 0 rings (SSSR count). The van der Waals surface area contributed by atoms with Crippen LogP contribution in [0.5, 0.6) is 0 Å². The molecule has 4 nitrogen and oxygen atoms in total. The Morgan fingerprint density at radius 1 is 0.400 bits per heavy atom. The summed E-state index contributed by atoms with van der Waals surface area (Å²) < 4.78 is 4.99. The summed E-state index contributed by atoms with van der Waals surface area (Å²) in [6.45, 7) is 4.53. The van der Waals surface area contributed by atoms with Gasteiger partial charge in [0.15, 0.2) is 0 Å². The molecular formula is C36H69NO3. The van der Waals surface area contributed by atoms with Crippen LogP contribution >= 0.6 is 0 Å². The third-order valence-corrected chi connectivity index (χ3v) is 7.51. The molecule has 0 radical (unpaired) electrons. The molecule has 4 heteroatoms. The van der Waals surface area contributed by atoms with E-state index in [1.54, 1.807) is 0 Å². The predicted molar refractivity (Wildman–Crippen MR) is 175 cm³/mol. The third-order valence-electron chi connectivity index (χ3n) is 7.51. The van der Waals surface area contributed by atoms with Crippen molar-refractivity contribution in [1.29, 1.82) is 0 Å². The summed E-state index contributed by atoms with van der Waals surface area (Å²) in [6.07, 6.45) is 42.2. The summed E-state index contributed by atoms with van der Waals surface area (Å²) >= 11 is 0. The van der Waals surface area contributed by atoms with Crippen LogP contribution in [0.1, 0.15) is 194 Å². The number of unbranched alkanes of at least 4 members (excludes halogenated alkanes) is 22. The van der Waals surface area contributed by atoms with Crippen LogP contribution in [0.3, 0.4) is 0 Å². The number of rotatable bonds is 30. The van der Waals surface area contributed by atoms with Crippen molar-refractivity contribution in [3.63, 3.8) is 0 Å². The largest absolute Gasteiger partial charge is 0.393 e. The maximum atomic E-state index is 11.9. The molecule has 0 heterocycles. The highest BCUT2D eigenvalue weighted by Gasteiger charge is 2.09. The Balaban J connectivity index is 0. The zero-order valence-electron chi connectivity index (χ0n) is 27.0. The smallest absolute Gasteiger partial charge is 0.313 e. The molecule has 0 fully saturated rings. The van der Waals surface area contributed by atoms with E-state index in [9.17, 15) is 9.59 Å². The van der Waals surface area contributed by atoms with Gasteiger partial charge in [0, 0.05) is 12.8 Å². The number of hydrogen-bond acceptors (Lipinski definition) is 4.